The van der Waals surface area contributed by atoms with Crippen LogP contribution >= 0.6 is 0 Å². The second kappa shape index (κ2) is 20.7. The number of aliphatic hydroxyl groups excluding tert-OH is 1. The SMILES string of the molecule is CC[Si](CC)(CC)O[C@H]1CC2OC[C@@]2(OC(C)=O)[C@H]2[C@H](OC(=O)c3ccccc3)[C@]3(O)C[C@H](OC(=O)[C@H](O[Si](C)(C)C(C)(C)C)[C@@H](NC(=O)c4ccccc4)c4ccccc4)C(C)=C(C(=O)C(O)C12C)C3(C)C. The van der Waals surface area contributed by atoms with Gasteiger partial charge < -0.3 is 43.3 Å². The van der Waals surface area contributed by atoms with Crippen LogP contribution in [0.3, 0.4) is 0 Å². The lowest BCUT2D eigenvalue weighted by Gasteiger charge is -2.69. The van der Waals surface area contributed by atoms with Gasteiger partial charge in [0.2, 0.25) is 0 Å². The summed E-state index contributed by atoms with van der Waals surface area (Å²) in [7, 11) is -5.49. The van der Waals surface area contributed by atoms with Crippen molar-refractivity contribution < 1.29 is 62.0 Å². The molecular weight excluding hydrogens is 963 g/mol. The molecule has 2 bridgehead atoms. The van der Waals surface area contributed by atoms with Gasteiger partial charge in [0.15, 0.2) is 34.1 Å². The smallest absolute Gasteiger partial charge is 0.338 e. The molecule has 4 aliphatic rings. The van der Waals surface area contributed by atoms with Gasteiger partial charge in [-0.2, -0.15) is 0 Å². The van der Waals surface area contributed by atoms with E-state index in [-0.39, 0.29) is 29.7 Å². The number of ketones is 1. The molecule has 11 atom stereocenters. The molecule has 1 aliphatic heterocycles. The summed E-state index contributed by atoms with van der Waals surface area (Å²) < 4.78 is 40.4. The summed E-state index contributed by atoms with van der Waals surface area (Å²) in [4.78, 5) is 73.7. The number of nitrogens with one attached hydrogen (secondary N) is 1. The number of hydrogen-bond donors (Lipinski definition) is 3. The molecule has 3 fully saturated rings. The molecule has 3 unspecified atom stereocenters. The van der Waals surface area contributed by atoms with E-state index in [0.29, 0.717) is 11.1 Å². The van der Waals surface area contributed by atoms with E-state index in [0.717, 1.165) is 18.1 Å². The quantitative estimate of drug-likeness (QED) is 0.0699. The zero-order valence-corrected chi connectivity index (χ0v) is 46.9. The van der Waals surface area contributed by atoms with Crippen molar-refractivity contribution in [2.75, 3.05) is 6.61 Å². The van der Waals surface area contributed by atoms with Gasteiger partial charge in [-0.15, -0.1) is 0 Å². The Morgan fingerprint density at radius 2 is 1.40 bits per heavy atom. The molecule has 0 radical (unpaired) electrons. The molecule has 0 spiro atoms. The first-order valence-electron chi connectivity index (χ1n) is 25.9. The van der Waals surface area contributed by atoms with Crippen molar-refractivity contribution in [3.05, 3.63) is 119 Å². The molecule has 14 nitrogen and oxygen atoms in total. The molecule has 73 heavy (non-hydrogen) atoms. The summed E-state index contributed by atoms with van der Waals surface area (Å²) in [5.74, 6) is -4.92. The molecule has 2 saturated carbocycles. The number of esters is 3. The van der Waals surface area contributed by atoms with E-state index in [1.165, 1.54) is 6.92 Å². The molecule has 3 aromatic carbocycles. The van der Waals surface area contributed by atoms with Gasteiger partial charge in [0.25, 0.3) is 5.91 Å². The van der Waals surface area contributed by atoms with Crippen LogP contribution in [0.1, 0.15) is 121 Å². The molecular formula is C57H77NO13Si2. The minimum atomic E-state index is -2.91. The number of rotatable bonds is 16. The van der Waals surface area contributed by atoms with Crippen LogP contribution in [-0.4, -0.2) is 111 Å². The third-order valence-corrected chi connectivity index (χ3v) is 26.8. The van der Waals surface area contributed by atoms with Gasteiger partial charge in [-0.3, -0.25) is 14.4 Å². The molecule has 3 aliphatic carbocycles. The Kier molecular flexibility index (Phi) is 15.9. The van der Waals surface area contributed by atoms with Crippen LogP contribution in [-0.2, 0) is 42.2 Å². The molecule has 1 saturated heterocycles. The third-order valence-electron chi connectivity index (χ3n) is 17.7. The number of amides is 1. The van der Waals surface area contributed by atoms with Crippen LogP contribution in [0.4, 0.5) is 0 Å². The number of fused-ring (bicyclic) bond motifs is 5. The lowest BCUT2D eigenvalue weighted by Crippen LogP contribution is -2.82. The number of hydrogen-bond acceptors (Lipinski definition) is 13. The fourth-order valence-electron chi connectivity index (χ4n) is 12.0. The minimum Gasteiger partial charge on any atom is -0.456 e. The maximum atomic E-state index is 15.8. The van der Waals surface area contributed by atoms with E-state index in [1.54, 1.807) is 113 Å². The Labute approximate surface area is 433 Å². The molecule has 7 rings (SSSR count). The largest absolute Gasteiger partial charge is 0.456 e. The van der Waals surface area contributed by atoms with Crippen LogP contribution in [0, 0.1) is 16.7 Å². The van der Waals surface area contributed by atoms with Crippen molar-refractivity contribution in [3.63, 3.8) is 0 Å². The van der Waals surface area contributed by atoms with Crippen molar-refractivity contribution in [2.24, 2.45) is 16.7 Å². The van der Waals surface area contributed by atoms with E-state index >= 15 is 9.59 Å². The minimum absolute atomic E-state index is 0.0110. The average molecular weight is 1040 g/mol. The summed E-state index contributed by atoms with van der Waals surface area (Å²) in [6.07, 6.45) is -8.44. The molecule has 1 heterocycles. The summed E-state index contributed by atoms with van der Waals surface area (Å²) in [5, 5.41) is 30.1. The summed E-state index contributed by atoms with van der Waals surface area (Å²) >= 11 is 0. The van der Waals surface area contributed by atoms with Gasteiger partial charge in [-0.05, 0) is 78.6 Å². The van der Waals surface area contributed by atoms with Crippen LogP contribution in [0.5, 0.6) is 0 Å². The van der Waals surface area contributed by atoms with Crippen LogP contribution < -0.4 is 5.32 Å². The predicted octanol–water partition coefficient (Wildman–Crippen LogP) is 9.22. The lowest BCUT2D eigenvalue weighted by atomic mass is 9.44. The van der Waals surface area contributed by atoms with Gasteiger partial charge in [0.05, 0.1) is 30.2 Å². The Morgan fingerprint density at radius 1 is 0.849 bits per heavy atom. The molecule has 396 valence electrons. The standard InChI is InChI=1S/C57H77NO13Si2/c1-14-73(15-2,16-3)70-41-32-42-56(34-66-42,69-36(5)59)47-49(68-51(63)39-30-24-19-25-31-39)57(65)33-40(35(4)43(54(57,9)10)45(60)48(61)55(41,47)11)67-52(64)46(71-72(12,13)53(6,7)8)44(37-26-20-17-21-27-37)58-50(62)38-28-22-18-23-29-38/h17-31,40-42,44,46-49,61,65H,14-16,32-34H2,1-13H3,(H,58,62)/t40-,41-,42?,44-,46+,47-,48?,49-,55?,56-,57+/m0/s1. The molecule has 3 aromatic rings. The van der Waals surface area contributed by atoms with Gasteiger partial charge >= 0.3 is 17.9 Å². The lowest BCUT2D eigenvalue weighted by molar-refractivity contribution is -0.356. The maximum absolute atomic E-state index is 15.8. The predicted molar refractivity (Wildman–Crippen MR) is 280 cm³/mol. The summed E-state index contributed by atoms with van der Waals surface area (Å²) in [6, 6.07) is 27.0. The fraction of sp³-hybridized carbons (Fsp3) is 0.561. The highest BCUT2D eigenvalue weighted by Gasteiger charge is 2.78. The highest BCUT2D eigenvalue weighted by Crippen LogP contribution is 2.65. The van der Waals surface area contributed by atoms with E-state index < -0.39 is 128 Å². The highest BCUT2D eigenvalue weighted by atomic mass is 28.4. The zero-order chi connectivity index (χ0) is 53.7. The van der Waals surface area contributed by atoms with Crippen molar-refractivity contribution in [1.29, 1.82) is 0 Å². The normalized spacial score (nSPS) is 29.7. The molecule has 0 aromatic heterocycles. The van der Waals surface area contributed by atoms with E-state index in [9.17, 15) is 24.6 Å². The van der Waals surface area contributed by atoms with E-state index in [2.05, 4.69) is 26.1 Å². The zero-order valence-electron chi connectivity index (χ0n) is 44.9. The Bertz CT molecular complexity index is 2550. The van der Waals surface area contributed by atoms with Crippen molar-refractivity contribution in [2.45, 2.75) is 179 Å². The number of ether oxygens (including phenoxy) is 4. The molecule has 3 N–H and O–H groups in total. The van der Waals surface area contributed by atoms with Gasteiger partial charge in [-0.25, -0.2) is 9.59 Å². The Hall–Kier alpha value is -4.82. The van der Waals surface area contributed by atoms with Gasteiger partial charge in [0, 0.05) is 41.7 Å². The van der Waals surface area contributed by atoms with Crippen molar-refractivity contribution in [3.8, 4) is 0 Å². The summed E-state index contributed by atoms with van der Waals surface area (Å²) in [5.41, 5.74) is -5.93. The Balaban J connectivity index is 1.44. The second-order valence-electron chi connectivity index (χ2n) is 23.0. The number of Topliss-reactive ketones (excluding diaryl/α,β-unsaturated/α-hetero) is 1. The van der Waals surface area contributed by atoms with Crippen molar-refractivity contribution in [1.82, 2.24) is 5.32 Å². The Morgan fingerprint density at radius 3 is 1.90 bits per heavy atom. The van der Waals surface area contributed by atoms with Gasteiger partial charge in [-0.1, -0.05) is 129 Å². The first-order chi connectivity index (χ1) is 34.2. The van der Waals surface area contributed by atoms with Gasteiger partial charge in [0.1, 0.15) is 30.0 Å². The van der Waals surface area contributed by atoms with Crippen LogP contribution in [0.15, 0.2) is 102 Å². The van der Waals surface area contributed by atoms with E-state index in [1.807, 2.05) is 39.9 Å². The second-order valence-corrected chi connectivity index (χ2v) is 32.5. The fourth-order valence-corrected chi connectivity index (χ4v) is 16.1. The van der Waals surface area contributed by atoms with Crippen LogP contribution in [0.25, 0.3) is 0 Å². The highest BCUT2D eigenvalue weighted by molar-refractivity contribution is 6.74. The maximum Gasteiger partial charge on any atom is 0.338 e. The monoisotopic (exact) mass is 1040 g/mol. The number of benzene rings is 3. The average Bonchev–Trinajstić information content (AvgIpc) is 3.35. The summed E-state index contributed by atoms with van der Waals surface area (Å²) in [6.45, 7) is 24.0. The van der Waals surface area contributed by atoms with E-state index in [4.69, 9.17) is 27.8 Å². The third kappa shape index (κ3) is 9.86. The van der Waals surface area contributed by atoms with Crippen LogP contribution in [0.2, 0.25) is 36.3 Å². The number of aliphatic hydroxyl groups is 2. The van der Waals surface area contributed by atoms with Crippen molar-refractivity contribution >= 4 is 46.2 Å². The topological polar surface area (TPSA) is 193 Å². The first-order valence-corrected chi connectivity index (χ1v) is 31.3. The molecule has 16 heteroatoms. The number of carbonyl (C=O) groups excluding carboxylic acids is 5. The molecule has 1 amide bonds. The number of carbonyl (C=O) groups is 5. The first kappa shape index (κ1) is 55.9.